The highest BCUT2D eigenvalue weighted by Crippen LogP contribution is 2.33. The van der Waals surface area contributed by atoms with Gasteiger partial charge in [0.25, 0.3) is 0 Å². The van der Waals surface area contributed by atoms with Gasteiger partial charge >= 0.3 is 5.97 Å². The fourth-order valence-electron chi connectivity index (χ4n) is 3.30. The van der Waals surface area contributed by atoms with E-state index in [1.54, 1.807) is 0 Å². The molecule has 3 rings (SSSR count). The third-order valence-corrected chi connectivity index (χ3v) is 4.65. The fourth-order valence-corrected chi connectivity index (χ4v) is 3.30. The van der Waals surface area contributed by atoms with Gasteiger partial charge < -0.3 is 15.3 Å². The first kappa shape index (κ1) is 13.4. The fraction of sp³-hybridized carbons (Fsp3) is 0.786. The lowest BCUT2D eigenvalue weighted by Gasteiger charge is -2.17. The lowest BCUT2D eigenvalue weighted by atomic mass is 10.1. The van der Waals surface area contributed by atoms with Crippen molar-refractivity contribution in [1.82, 2.24) is 10.2 Å². The second kappa shape index (κ2) is 5.07. The van der Waals surface area contributed by atoms with Crippen LogP contribution in [0.3, 0.4) is 0 Å². The van der Waals surface area contributed by atoms with E-state index in [9.17, 15) is 14.4 Å². The van der Waals surface area contributed by atoms with E-state index in [1.165, 1.54) is 0 Å². The van der Waals surface area contributed by atoms with E-state index in [0.717, 1.165) is 19.3 Å². The molecule has 2 saturated carbocycles. The van der Waals surface area contributed by atoms with Gasteiger partial charge in [0.1, 0.15) is 0 Å². The minimum Gasteiger partial charge on any atom is -0.481 e. The number of carbonyl (C=O) groups is 3. The number of amides is 2. The zero-order chi connectivity index (χ0) is 14.3. The standard InChI is InChI=1S/C14H20N2O4/c17-12-6-9(7-16(12)11-3-4-11)13(18)15-10-2-1-8(5-10)14(19)20/h8-11H,1-7H2,(H,15,18)(H,19,20)/t8-,9?,10+/m1/s1. The molecule has 1 aliphatic heterocycles. The highest BCUT2D eigenvalue weighted by atomic mass is 16.4. The number of hydrogen-bond donors (Lipinski definition) is 2. The molecular weight excluding hydrogens is 260 g/mol. The summed E-state index contributed by atoms with van der Waals surface area (Å²) in [5.41, 5.74) is 0. The molecule has 0 aromatic carbocycles. The van der Waals surface area contributed by atoms with Gasteiger partial charge in [0, 0.05) is 25.0 Å². The summed E-state index contributed by atoms with van der Waals surface area (Å²) in [7, 11) is 0. The van der Waals surface area contributed by atoms with E-state index in [0.29, 0.717) is 31.8 Å². The molecule has 1 unspecified atom stereocenters. The Morgan fingerprint density at radius 2 is 1.90 bits per heavy atom. The number of carbonyl (C=O) groups excluding carboxylic acids is 2. The molecule has 2 aliphatic carbocycles. The van der Waals surface area contributed by atoms with Crippen LogP contribution in [0.15, 0.2) is 0 Å². The summed E-state index contributed by atoms with van der Waals surface area (Å²) in [5.74, 6) is -1.38. The Balaban J connectivity index is 1.50. The zero-order valence-corrected chi connectivity index (χ0v) is 11.4. The van der Waals surface area contributed by atoms with Gasteiger partial charge in [-0.2, -0.15) is 0 Å². The smallest absolute Gasteiger partial charge is 0.306 e. The molecule has 110 valence electrons. The minimum atomic E-state index is -0.780. The van der Waals surface area contributed by atoms with Crippen LogP contribution in [0.25, 0.3) is 0 Å². The maximum absolute atomic E-state index is 12.2. The van der Waals surface area contributed by atoms with Crippen molar-refractivity contribution < 1.29 is 19.5 Å². The van der Waals surface area contributed by atoms with Crippen LogP contribution in [0.1, 0.15) is 38.5 Å². The van der Waals surface area contributed by atoms with Crippen LogP contribution in [-0.4, -0.2) is 46.4 Å². The van der Waals surface area contributed by atoms with E-state index < -0.39 is 5.97 Å². The van der Waals surface area contributed by atoms with Gasteiger partial charge in [0.2, 0.25) is 11.8 Å². The number of nitrogens with one attached hydrogen (secondary N) is 1. The van der Waals surface area contributed by atoms with Crippen molar-refractivity contribution in [2.45, 2.75) is 50.6 Å². The van der Waals surface area contributed by atoms with E-state index in [2.05, 4.69) is 5.32 Å². The average molecular weight is 280 g/mol. The van der Waals surface area contributed by atoms with Crippen LogP contribution in [0.2, 0.25) is 0 Å². The Morgan fingerprint density at radius 3 is 2.50 bits per heavy atom. The van der Waals surface area contributed by atoms with Crippen LogP contribution in [0.4, 0.5) is 0 Å². The Bertz CT molecular complexity index is 446. The Hall–Kier alpha value is -1.59. The van der Waals surface area contributed by atoms with Gasteiger partial charge in [-0.05, 0) is 32.1 Å². The van der Waals surface area contributed by atoms with Crippen LogP contribution in [0, 0.1) is 11.8 Å². The molecule has 1 saturated heterocycles. The van der Waals surface area contributed by atoms with Gasteiger partial charge in [-0.25, -0.2) is 0 Å². The van der Waals surface area contributed by atoms with Crippen molar-refractivity contribution in [3.8, 4) is 0 Å². The van der Waals surface area contributed by atoms with Crippen LogP contribution < -0.4 is 5.32 Å². The molecule has 0 spiro atoms. The number of rotatable bonds is 4. The minimum absolute atomic E-state index is 0.0475. The topological polar surface area (TPSA) is 86.7 Å². The number of carboxylic acid groups (broad SMARTS) is 1. The van der Waals surface area contributed by atoms with Gasteiger partial charge in [-0.1, -0.05) is 0 Å². The van der Waals surface area contributed by atoms with Gasteiger partial charge in [-0.15, -0.1) is 0 Å². The number of likely N-dealkylation sites (tertiary alicyclic amines) is 1. The molecule has 3 atom stereocenters. The van der Waals surface area contributed by atoms with Crippen molar-refractivity contribution >= 4 is 17.8 Å². The number of carboxylic acids is 1. The lowest BCUT2D eigenvalue weighted by molar-refractivity contribution is -0.141. The molecule has 2 N–H and O–H groups in total. The molecule has 0 radical (unpaired) electrons. The van der Waals surface area contributed by atoms with E-state index in [1.807, 2.05) is 4.90 Å². The van der Waals surface area contributed by atoms with Gasteiger partial charge in [0.15, 0.2) is 0 Å². The van der Waals surface area contributed by atoms with Crippen LogP contribution in [-0.2, 0) is 14.4 Å². The molecule has 3 fully saturated rings. The summed E-state index contributed by atoms with van der Waals surface area (Å²) in [5, 5.41) is 11.9. The monoisotopic (exact) mass is 280 g/mol. The molecule has 0 aromatic heterocycles. The maximum Gasteiger partial charge on any atom is 0.306 e. The molecular formula is C14H20N2O4. The first-order valence-electron chi connectivity index (χ1n) is 7.37. The number of nitrogens with zero attached hydrogens (tertiary/aromatic N) is 1. The van der Waals surface area contributed by atoms with Crippen LogP contribution >= 0.6 is 0 Å². The van der Waals surface area contributed by atoms with E-state index >= 15 is 0 Å². The average Bonchev–Trinajstić information content (AvgIpc) is 2.99. The predicted molar refractivity (Wildman–Crippen MR) is 69.7 cm³/mol. The molecule has 2 amide bonds. The largest absolute Gasteiger partial charge is 0.481 e. The highest BCUT2D eigenvalue weighted by Gasteiger charge is 2.42. The second-order valence-electron chi connectivity index (χ2n) is 6.23. The Kier molecular flexibility index (Phi) is 3.40. The van der Waals surface area contributed by atoms with Gasteiger partial charge in [0.05, 0.1) is 11.8 Å². The van der Waals surface area contributed by atoms with Crippen LogP contribution in [0.5, 0.6) is 0 Å². The highest BCUT2D eigenvalue weighted by molar-refractivity contribution is 5.89. The summed E-state index contributed by atoms with van der Waals surface area (Å²) >= 11 is 0. The third-order valence-electron chi connectivity index (χ3n) is 4.65. The summed E-state index contributed by atoms with van der Waals surface area (Å²) < 4.78 is 0. The van der Waals surface area contributed by atoms with Gasteiger partial charge in [-0.3, -0.25) is 14.4 Å². The predicted octanol–water partition coefficient (Wildman–Crippen LogP) is 0.367. The molecule has 3 aliphatic rings. The number of aliphatic carboxylic acids is 1. The lowest BCUT2D eigenvalue weighted by Crippen LogP contribution is -2.39. The van der Waals surface area contributed by atoms with Crippen molar-refractivity contribution in [1.29, 1.82) is 0 Å². The first-order valence-corrected chi connectivity index (χ1v) is 7.37. The summed E-state index contributed by atoms with van der Waals surface area (Å²) in [6, 6.07) is 0.317. The van der Waals surface area contributed by atoms with Crippen molar-refractivity contribution in [3.05, 3.63) is 0 Å². The molecule has 6 nitrogen and oxygen atoms in total. The van der Waals surface area contributed by atoms with Crippen molar-refractivity contribution in [3.63, 3.8) is 0 Å². The molecule has 20 heavy (non-hydrogen) atoms. The summed E-state index contributed by atoms with van der Waals surface area (Å²) in [6.07, 6.45) is 4.27. The third kappa shape index (κ3) is 2.64. The molecule has 0 aromatic rings. The zero-order valence-electron chi connectivity index (χ0n) is 11.4. The molecule has 6 heteroatoms. The normalized spacial score (nSPS) is 33.5. The quantitative estimate of drug-likeness (QED) is 0.779. The van der Waals surface area contributed by atoms with Crippen molar-refractivity contribution in [2.24, 2.45) is 11.8 Å². The molecule has 0 bridgehead atoms. The molecule has 1 heterocycles. The maximum atomic E-state index is 12.2. The second-order valence-corrected chi connectivity index (χ2v) is 6.23. The Labute approximate surface area is 117 Å². The van der Waals surface area contributed by atoms with E-state index in [-0.39, 0.29) is 29.7 Å². The summed E-state index contributed by atoms with van der Waals surface area (Å²) in [4.78, 5) is 36.7. The number of hydrogen-bond acceptors (Lipinski definition) is 3. The SMILES string of the molecule is O=C(N[C@H]1CC[C@@H](C(=O)O)C1)C1CC(=O)N(C2CC2)C1. The van der Waals surface area contributed by atoms with E-state index in [4.69, 9.17) is 5.11 Å². The Morgan fingerprint density at radius 1 is 1.15 bits per heavy atom. The summed E-state index contributed by atoms with van der Waals surface area (Å²) in [6.45, 7) is 0.532. The van der Waals surface area contributed by atoms with Crippen molar-refractivity contribution in [2.75, 3.05) is 6.54 Å². The first-order chi connectivity index (χ1) is 9.54.